The molecule has 0 saturated heterocycles. The number of rotatable bonds is 3. The molecular formula is C12H7F2N3O3. The van der Waals surface area contributed by atoms with Gasteiger partial charge in [-0.3, -0.25) is 14.9 Å². The summed E-state index contributed by atoms with van der Waals surface area (Å²) < 4.78 is 26.0. The van der Waals surface area contributed by atoms with Crippen LogP contribution in [0.15, 0.2) is 36.4 Å². The molecule has 0 radical (unpaired) electrons. The van der Waals surface area contributed by atoms with E-state index in [4.69, 9.17) is 0 Å². The van der Waals surface area contributed by atoms with E-state index in [9.17, 15) is 23.7 Å². The fourth-order valence-electron chi connectivity index (χ4n) is 1.51. The molecule has 0 unspecified atom stereocenters. The van der Waals surface area contributed by atoms with Gasteiger partial charge in [0.25, 0.3) is 11.6 Å². The number of benzene rings is 1. The fraction of sp³-hybridized carbons (Fsp3) is 0. The maximum atomic E-state index is 13.1. The highest BCUT2D eigenvalue weighted by Crippen LogP contribution is 2.20. The minimum absolute atomic E-state index is 0.131. The van der Waals surface area contributed by atoms with E-state index >= 15 is 0 Å². The van der Waals surface area contributed by atoms with Crippen molar-refractivity contribution in [2.24, 2.45) is 0 Å². The van der Waals surface area contributed by atoms with E-state index in [1.54, 1.807) is 0 Å². The van der Waals surface area contributed by atoms with Crippen molar-refractivity contribution in [2.45, 2.75) is 0 Å². The lowest BCUT2D eigenvalue weighted by atomic mass is 10.1. The molecule has 1 aromatic heterocycles. The molecule has 6 nitrogen and oxygen atoms in total. The molecule has 1 aromatic carbocycles. The second-order valence-electron chi connectivity index (χ2n) is 3.72. The van der Waals surface area contributed by atoms with Crippen molar-refractivity contribution in [2.75, 3.05) is 5.32 Å². The number of halogens is 2. The van der Waals surface area contributed by atoms with E-state index in [1.165, 1.54) is 12.1 Å². The minimum Gasteiger partial charge on any atom is -0.306 e. The molecule has 2 aromatic rings. The largest absolute Gasteiger partial charge is 0.306 e. The average molecular weight is 279 g/mol. The van der Waals surface area contributed by atoms with Crippen LogP contribution in [-0.4, -0.2) is 15.8 Å². The Morgan fingerprint density at radius 1 is 1.25 bits per heavy atom. The van der Waals surface area contributed by atoms with Crippen LogP contribution in [-0.2, 0) is 0 Å². The Morgan fingerprint density at radius 2 is 2.00 bits per heavy atom. The van der Waals surface area contributed by atoms with Gasteiger partial charge >= 0.3 is 0 Å². The number of nitrogens with one attached hydrogen (secondary N) is 1. The number of amides is 1. The summed E-state index contributed by atoms with van der Waals surface area (Å²) in [4.78, 5) is 25.2. The summed E-state index contributed by atoms with van der Waals surface area (Å²) in [7, 11) is 0. The van der Waals surface area contributed by atoms with Gasteiger partial charge in [-0.15, -0.1) is 0 Å². The van der Waals surface area contributed by atoms with E-state index in [0.29, 0.717) is 0 Å². The number of carbonyl (C=O) groups excluding carboxylic acids is 1. The standard InChI is InChI=1S/C12H7F2N3O3/c13-7-4-5-9(17(19)20)8(6-7)12(18)16-11-3-1-2-10(14)15-11/h1-6H,(H,15,16,18). The Kier molecular flexibility index (Phi) is 3.65. The number of anilines is 1. The zero-order valence-corrected chi connectivity index (χ0v) is 9.84. The molecule has 2 rings (SSSR count). The van der Waals surface area contributed by atoms with Crippen LogP contribution in [0.3, 0.4) is 0 Å². The first kappa shape index (κ1) is 13.5. The van der Waals surface area contributed by atoms with Crippen molar-refractivity contribution in [3.05, 3.63) is 63.8 Å². The molecule has 1 amide bonds. The number of carbonyl (C=O) groups is 1. The van der Waals surface area contributed by atoms with E-state index < -0.39 is 33.8 Å². The number of hydrogen-bond donors (Lipinski definition) is 1. The van der Waals surface area contributed by atoms with Gasteiger partial charge in [0.15, 0.2) is 0 Å². The van der Waals surface area contributed by atoms with Crippen LogP contribution in [0.1, 0.15) is 10.4 Å². The summed E-state index contributed by atoms with van der Waals surface area (Å²) in [6, 6.07) is 6.15. The van der Waals surface area contributed by atoms with Crippen molar-refractivity contribution in [3.8, 4) is 0 Å². The molecule has 102 valence electrons. The lowest BCUT2D eigenvalue weighted by Crippen LogP contribution is -2.15. The second-order valence-corrected chi connectivity index (χ2v) is 3.72. The zero-order chi connectivity index (χ0) is 14.7. The molecule has 0 aliphatic carbocycles. The molecule has 20 heavy (non-hydrogen) atoms. The van der Waals surface area contributed by atoms with Crippen molar-refractivity contribution in [1.29, 1.82) is 0 Å². The SMILES string of the molecule is O=C(Nc1cccc(F)n1)c1cc(F)ccc1[N+](=O)[O-]. The van der Waals surface area contributed by atoms with Gasteiger partial charge in [0.1, 0.15) is 17.2 Å². The van der Waals surface area contributed by atoms with Gasteiger partial charge in [-0.25, -0.2) is 9.37 Å². The summed E-state index contributed by atoms with van der Waals surface area (Å²) in [6.07, 6.45) is 0. The molecule has 0 aliphatic heterocycles. The number of nitrogens with zero attached hydrogens (tertiary/aromatic N) is 2. The van der Waals surface area contributed by atoms with Crippen molar-refractivity contribution in [1.82, 2.24) is 4.98 Å². The van der Waals surface area contributed by atoms with Crippen LogP contribution in [0.2, 0.25) is 0 Å². The van der Waals surface area contributed by atoms with Gasteiger partial charge in [0.2, 0.25) is 5.95 Å². The van der Waals surface area contributed by atoms with E-state index in [1.807, 2.05) is 0 Å². The Labute approximate surface area is 111 Å². The first-order valence-electron chi connectivity index (χ1n) is 5.35. The summed E-state index contributed by atoms with van der Waals surface area (Å²) in [6.45, 7) is 0. The van der Waals surface area contributed by atoms with Gasteiger partial charge in [-0.05, 0) is 24.3 Å². The molecule has 1 N–H and O–H groups in total. The van der Waals surface area contributed by atoms with E-state index in [0.717, 1.165) is 24.3 Å². The Hall–Kier alpha value is -2.90. The topological polar surface area (TPSA) is 85.1 Å². The van der Waals surface area contributed by atoms with Gasteiger partial charge in [-0.2, -0.15) is 4.39 Å². The van der Waals surface area contributed by atoms with Crippen LogP contribution in [0, 0.1) is 21.9 Å². The molecule has 0 saturated carbocycles. The highest BCUT2D eigenvalue weighted by molar-refractivity contribution is 6.06. The quantitative estimate of drug-likeness (QED) is 0.531. The number of pyridine rings is 1. The fourth-order valence-corrected chi connectivity index (χ4v) is 1.51. The van der Waals surface area contributed by atoms with Gasteiger partial charge in [-0.1, -0.05) is 6.07 Å². The Morgan fingerprint density at radius 3 is 2.65 bits per heavy atom. The van der Waals surface area contributed by atoms with Gasteiger partial charge in [0.05, 0.1) is 4.92 Å². The number of hydrogen-bond acceptors (Lipinski definition) is 4. The molecule has 1 heterocycles. The molecule has 8 heteroatoms. The van der Waals surface area contributed by atoms with Gasteiger partial charge < -0.3 is 5.32 Å². The predicted molar refractivity (Wildman–Crippen MR) is 65.2 cm³/mol. The van der Waals surface area contributed by atoms with Crippen molar-refractivity contribution >= 4 is 17.4 Å². The third kappa shape index (κ3) is 2.91. The lowest BCUT2D eigenvalue weighted by molar-refractivity contribution is -0.385. The van der Waals surface area contributed by atoms with E-state index in [-0.39, 0.29) is 5.82 Å². The maximum Gasteiger partial charge on any atom is 0.282 e. The monoisotopic (exact) mass is 279 g/mol. The lowest BCUT2D eigenvalue weighted by Gasteiger charge is -2.05. The number of nitro benzene ring substituents is 1. The average Bonchev–Trinajstić information content (AvgIpc) is 2.38. The summed E-state index contributed by atoms with van der Waals surface area (Å²) in [5.74, 6) is -2.70. The molecular weight excluding hydrogens is 272 g/mol. The summed E-state index contributed by atoms with van der Waals surface area (Å²) >= 11 is 0. The third-order valence-corrected chi connectivity index (χ3v) is 2.36. The summed E-state index contributed by atoms with van der Waals surface area (Å²) in [5, 5.41) is 12.9. The first-order chi connectivity index (χ1) is 9.47. The normalized spacial score (nSPS) is 10.1. The zero-order valence-electron chi connectivity index (χ0n) is 9.84. The smallest absolute Gasteiger partial charge is 0.282 e. The molecule has 0 atom stereocenters. The van der Waals surface area contributed by atoms with Crippen LogP contribution in [0.5, 0.6) is 0 Å². The van der Waals surface area contributed by atoms with Crippen molar-refractivity contribution in [3.63, 3.8) is 0 Å². The third-order valence-electron chi connectivity index (χ3n) is 2.36. The van der Waals surface area contributed by atoms with Gasteiger partial charge in [0, 0.05) is 6.07 Å². The predicted octanol–water partition coefficient (Wildman–Crippen LogP) is 2.52. The summed E-state index contributed by atoms with van der Waals surface area (Å²) in [5.41, 5.74) is -1.03. The molecule has 0 fully saturated rings. The molecule has 0 aliphatic rings. The van der Waals surface area contributed by atoms with Crippen LogP contribution in [0.4, 0.5) is 20.3 Å². The first-order valence-corrected chi connectivity index (χ1v) is 5.35. The Bertz CT molecular complexity index is 691. The highest BCUT2D eigenvalue weighted by atomic mass is 19.1. The molecule has 0 spiro atoms. The minimum atomic E-state index is -0.950. The van der Waals surface area contributed by atoms with Crippen LogP contribution < -0.4 is 5.32 Å². The Balaban J connectivity index is 2.34. The highest BCUT2D eigenvalue weighted by Gasteiger charge is 2.21. The van der Waals surface area contributed by atoms with E-state index in [2.05, 4.69) is 10.3 Å². The molecule has 0 bridgehead atoms. The number of aromatic nitrogens is 1. The van der Waals surface area contributed by atoms with Crippen LogP contribution in [0.25, 0.3) is 0 Å². The van der Waals surface area contributed by atoms with Crippen LogP contribution >= 0.6 is 0 Å². The maximum absolute atomic E-state index is 13.1. The van der Waals surface area contributed by atoms with Crippen molar-refractivity contribution < 1.29 is 18.5 Å². The second kappa shape index (κ2) is 5.39. The number of nitro groups is 1.